The van der Waals surface area contributed by atoms with Gasteiger partial charge in [-0.05, 0) is 19.9 Å². The number of aryl methyl sites for hydroxylation is 2. The zero-order valence-electron chi connectivity index (χ0n) is 9.13. The molecule has 0 saturated heterocycles. The normalized spacial score (nSPS) is 10.3. The van der Waals surface area contributed by atoms with Gasteiger partial charge in [-0.25, -0.2) is 0 Å². The van der Waals surface area contributed by atoms with Gasteiger partial charge >= 0.3 is 5.97 Å². The number of rotatable bonds is 5. The summed E-state index contributed by atoms with van der Waals surface area (Å²) in [6.45, 7) is 4.24. The minimum absolute atomic E-state index is 0.209. The molecule has 0 aromatic carbocycles. The van der Waals surface area contributed by atoms with E-state index >= 15 is 0 Å². The summed E-state index contributed by atoms with van der Waals surface area (Å²) in [7, 11) is 0. The van der Waals surface area contributed by atoms with Gasteiger partial charge in [-0.1, -0.05) is 0 Å². The molecule has 1 rings (SSSR count). The van der Waals surface area contributed by atoms with Gasteiger partial charge in [0.05, 0.1) is 18.6 Å². The molecule has 0 fully saturated rings. The van der Waals surface area contributed by atoms with E-state index in [1.165, 1.54) is 0 Å². The standard InChI is InChI=1S/C11H16O4/c1-3-14-11(13)5-4-10-6-9(7-12)8(2)15-10/h6,12H,3-5,7H2,1-2H3/p+1. The van der Waals surface area contributed by atoms with Crippen LogP contribution in [0.3, 0.4) is 0 Å². The number of ether oxygens (including phenoxy) is 1. The van der Waals surface area contributed by atoms with E-state index in [-0.39, 0.29) is 12.6 Å². The first-order chi connectivity index (χ1) is 7.17. The molecule has 0 bridgehead atoms. The van der Waals surface area contributed by atoms with Crippen molar-refractivity contribution in [1.82, 2.24) is 0 Å². The van der Waals surface area contributed by atoms with Crippen molar-refractivity contribution in [3.05, 3.63) is 23.2 Å². The van der Waals surface area contributed by atoms with Crippen LogP contribution in [0.2, 0.25) is 0 Å². The molecular formula is C11H17O4+. The fourth-order valence-electron chi connectivity index (χ4n) is 1.34. The second-order valence-corrected chi connectivity index (χ2v) is 3.28. The highest BCUT2D eigenvalue weighted by atomic mass is 16.5. The van der Waals surface area contributed by atoms with E-state index in [4.69, 9.17) is 14.3 Å². The number of furan rings is 1. The van der Waals surface area contributed by atoms with Crippen LogP contribution in [0, 0.1) is 6.92 Å². The number of carbonyl (C=O) groups excluding carboxylic acids is 1. The predicted molar refractivity (Wildman–Crippen MR) is 55.7 cm³/mol. The Hall–Kier alpha value is -1.29. The van der Waals surface area contributed by atoms with E-state index in [1.54, 1.807) is 6.92 Å². The van der Waals surface area contributed by atoms with Gasteiger partial charge < -0.3 is 14.3 Å². The van der Waals surface area contributed by atoms with Crippen molar-refractivity contribution in [2.24, 2.45) is 0 Å². The second kappa shape index (κ2) is 5.56. The number of hydrogen-bond donors (Lipinski definition) is 0. The maximum atomic E-state index is 11.1. The Morgan fingerprint density at radius 1 is 1.60 bits per heavy atom. The first-order valence-corrected chi connectivity index (χ1v) is 5.05. The quantitative estimate of drug-likeness (QED) is 0.547. The lowest BCUT2D eigenvalue weighted by Gasteiger charge is -1.98. The molecule has 4 heteroatoms. The topological polar surface area (TPSA) is 62.3 Å². The summed E-state index contributed by atoms with van der Waals surface area (Å²) in [5.41, 5.74) is 0.883. The molecule has 0 aliphatic carbocycles. The average Bonchev–Trinajstić information content (AvgIpc) is 2.56. The Morgan fingerprint density at radius 2 is 2.33 bits per heavy atom. The van der Waals surface area contributed by atoms with Crippen LogP contribution in [0.15, 0.2) is 10.5 Å². The van der Waals surface area contributed by atoms with Crippen LogP contribution in [-0.4, -0.2) is 17.7 Å². The van der Waals surface area contributed by atoms with E-state index < -0.39 is 0 Å². The third-order valence-electron chi connectivity index (χ3n) is 2.14. The zero-order valence-corrected chi connectivity index (χ0v) is 9.13. The highest BCUT2D eigenvalue weighted by Gasteiger charge is 2.10. The summed E-state index contributed by atoms with van der Waals surface area (Å²) >= 11 is 0. The lowest BCUT2D eigenvalue weighted by atomic mass is 10.2. The minimum atomic E-state index is -0.209. The minimum Gasteiger partial charge on any atom is -0.466 e. The summed E-state index contributed by atoms with van der Waals surface area (Å²) in [5.74, 6) is 1.31. The van der Waals surface area contributed by atoms with Crippen LogP contribution in [0.25, 0.3) is 0 Å². The van der Waals surface area contributed by atoms with E-state index in [2.05, 4.69) is 0 Å². The van der Waals surface area contributed by atoms with Crippen molar-refractivity contribution in [1.29, 1.82) is 0 Å². The molecule has 84 valence electrons. The molecule has 1 aromatic rings. The van der Waals surface area contributed by atoms with Crippen molar-refractivity contribution in [2.75, 3.05) is 6.61 Å². The van der Waals surface area contributed by atoms with Crippen LogP contribution in [0.5, 0.6) is 0 Å². The monoisotopic (exact) mass is 213 g/mol. The number of esters is 1. The molecule has 0 atom stereocenters. The van der Waals surface area contributed by atoms with Gasteiger partial charge in [0.1, 0.15) is 11.5 Å². The molecule has 0 radical (unpaired) electrons. The van der Waals surface area contributed by atoms with Gasteiger partial charge in [-0.15, -0.1) is 0 Å². The summed E-state index contributed by atoms with van der Waals surface area (Å²) in [4.78, 5) is 11.1. The third-order valence-corrected chi connectivity index (χ3v) is 2.14. The van der Waals surface area contributed by atoms with Crippen molar-refractivity contribution >= 4 is 5.97 Å². The third kappa shape index (κ3) is 3.40. The first-order valence-electron chi connectivity index (χ1n) is 5.05. The fraction of sp³-hybridized carbons (Fsp3) is 0.545. The van der Waals surface area contributed by atoms with Gasteiger partial charge in [0, 0.05) is 6.42 Å². The van der Waals surface area contributed by atoms with Gasteiger partial charge in [0.15, 0.2) is 6.61 Å². The van der Waals surface area contributed by atoms with Gasteiger partial charge in [-0.3, -0.25) is 4.79 Å². The maximum Gasteiger partial charge on any atom is 0.306 e. The van der Waals surface area contributed by atoms with E-state index in [1.807, 2.05) is 13.0 Å². The van der Waals surface area contributed by atoms with E-state index in [9.17, 15) is 4.79 Å². The van der Waals surface area contributed by atoms with Crippen molar-refractivity contribution in [3.8, 4) is 0 Å². The smallest absolute Gasteiger partial charge is 0.306 e. The first kappa shape index (κ1) is 11.8. The molecule has 0 aliphatic rings. The average molecular weight is 213 g/mol. The zero-order chi connectivity index (χ0) is 11.3. The predicted octanol–water partition coefficient (Wildman–Crippen LogP) is 1.31. The lowest BCUT2D eigenvalue weighted by Crippen LogP contribution is -2.04. The van der Waals surface area contributed by atoms with Crippen molar-refractivity contribution in [2.45, 2.75) is 33.3 Å². The van der Waals surface area contributed by atoms with Crippen molar-refractivity contribution < 1.29 is 19.1 Å². The second-order valence-electron chi connectivity index (χ2n) is 3.28. The molecule has 0 spiro atoms. The van der Waals surface area contributed by atoms with Gasteiger partial charge in [0.2, 0.25) is 0 Å². The molecule has 0 unspecified atom stereocenters. The van der Waals surface area contributed by atoms with E-state index in [0.29, 0.717) is 19.4 Å². The van der Waals surface area contributed by atoms with Crippen LogP contribution in [0.1, 0.15) is 30.4 Å². The fourth-order valence-corrected chi connectivity index (χ4v) is 1.34. The SMILES string of the molecule is CCOC(=O)CCc1cc(C[OH2+])c(C)o1. The summed E-state index contributed by atoms with van der Waals surface area (Å²) in [5, 5.41) is 7.23. The van der Waals surface area contributed by atoms with Crippen LogP contribution < -0.4 is 0 Å². The molecule has 15 heavy (non-hydrogen) atoms. The molecule has 0 saturated carbocycles. The Labute approximate surface area is 88.8 Å². The maximum absolute atomic E-state index is 11.1. The molecule has 1 aromatic heterocycles. The van der Waals surface area contributed by atoms with Crippen LogP contribution in [-0.2, 0) is 22.6 Å². The molecular weight excluding hydrogens is 196 g/mol. The van der Waals surface area contributed by atoms with Crippen molar-refractivity contribution in [3.63, 3.8) is 0 Å². The highest BCUT2D eigenvalue weighted by Crippen LogP contribution is 2.15. The molecule has 0 amide bonds. The van der Waals surface area contributed by atoms with Crippen LogP contribution >= 0.6 is 0 Å². The van der Waals surface area contributed by atoms with Gasteiger partial charge in [-0.2, -0.15) is 0 Å². The summed E-state index contributed by atoms with van der Waals surface area (Å²) < 4.78 is 10.2. The summed E-state index contributed by atoms with van der Waals surface area (Å²) in [6, 6.07) is 1.83. The Morgan fingerprint density at radius 3 is 2.87 bits per heavy atom. The lowest BCUT2D eigenvalue weighted by molar-refractivity contribution is -0.143. The summed E-state index contributed by atoms with van der Waals surface area (Å²) in [6.07, 6.45) is 0.873. The Bertz CT molecular complexity index is 327. The molecule has 2 N–H and O–H groups in total. The number of carbonyl (C=O) groups is 1. The molecule has 0 aliphatic heterocycles. The Balaban J connectivity index is 2.47. The largest absolute Gasteiger partial charge is 0.466 e. The Kier molecular flexibility index (Phi) is 4.37. The number of hydrogen-bond acceptors (Lipinski definition) is 3. The molecule has 4 nitrogen and oxygen atoms in total. The molecule has 1 heterocycles. The highest BCUT2D eigenvalue weighted by molar-refractivity contribution is 5.69. The van der Waals surface area contributed by atoms with E-state index in [0.717, 1.165) is 17.1 Å². The van der Waals surface area contributed by atoms with Gasteiger partial charge in [0.25, 0.3) is 0 Å². The van der Waals surface area contributed by atoms with Crippen LogP contribution in [0.4, 0.5) is 0 Å².